The first-order valence-electron chi connectivity index (χ1n) is 6.62. The van der Waals surface area contributed by atoms with Crippen molar-refractivity contribution in [3.05, 3.63) is 0 Å². The van der Waals surface area contributed by atoms with E-state index in [1.807, 2.05) is 28.4 Å². The Bertz CT molecular complexity index is 264. The third-order valence-electron chi connectivity index (χ3n) is 3.39. The number of thioether (sulfide) groups is 2. The zero-order chi connectivity index (χ0) is 12.8. The fourth-order valence-electron chi connectivity index (χ4n) is 2.16. The molecule has 0 spiro atoms. The molecule has 0 aliphatic carbocycles. The monoisotopic (exact) mass is 289 g/mol. The van der Waals surface area contributed by atoms with Crippen molar-refractivity contribution in [3.63, 3.8) is 0 Å². The van der Waals surface area contributed by atoms with Crippen LogP contribution in [0.4, 0.5) is 0 Å². The summed E-state index contributed by atoms with van der Waals surface area (Å²) in [7, 11) is 2.11. The van der Waals surface area contributed by atoms with Crippen LogP contribution in [-0.4, -0.2) is 84.5 Å². The third kappa shape index (κ3) is 4.64. The molecule has 104 valence electrons. The molecule has 1 N–H and O–H groups in total. The Morgan fingerprint density at radius 1 is 1.28 bits per heavy atom. The fourth-order valence-corrected chi connectivity index (χ4v) is 4.81. The Morgan fingerprint density at radius 2 is 2.06 bits per heavy atom. The maximum Gasteiger partial charge on any atom is 0.236 e. The van der Waals surface area contributed by atoms with E-state index in [1.54, 1.807) is 0 Å². The van der Waals surface area contributed by atoms with Crippen LogP contribution in [-0.2, 0) is 4.79 Å². The average molecular weight is 289 g/mol. The number of likely N-dealkylation sites (N-methyl/N-ethyl adjacent to an activating group) is 1. The van der Waals surface area contributed by atoms with Crippen molar-refractivity contribution in [2.45, 2.75) is 5.25 Å². The molecule has 1 unspecified atom stereocenters. The number of carbonyl (C=O) groups excluding carboxylic acids is 1. The molecule has 18 heavy (non-hydrogen) atoms. The van der Waals surface area contributed by atoms with Gasteiger partial charge in [-0.1, -0.05) is 0 Å². The highest BCUT2D eigenvalue weighted by atomic mass is 32.2. The Morgan fingerprint density at radius 3 is 2.72 bits per heavy atom. The molecule has 1 atom stereocenters. The van der Waals surface area contributed by atoms with Crippen LogP contribution in [0.25, 0.3) is 0 Å². The number of nitrogens with one attached hydrogen (secondary N) is 1. The quantitative estimate of drug-likeness (QED) is 0.800. The molecule has 0 saturated carbocycles. The van der Waals surface area contributed by atoms with Gasteiger partial charge in [-0.25, -0.2) is 0 Å². The summed E-state index contributed by atoms with van der Waals surface area (Å²) in [6, 6.07) is 0. The lowest BCUT2D eigenvalue weighted by Gasteiger charge is -2.32. The van der Waals surface area contributed by atoms with E-state index in [0.717, 1.165) is 32.7 Å². The first-order chi connectivity index (χ1) is 8.75. The van der Waals surface area contributed by atoms with Crippen molar-refractivity contribution in [1.29, 1.82) is 0 Å². The second-order valence-electron chi connectivity index (χ2n) is 4.88. The highest BCUT2D eigenvalue weighted by Gasteiger charge is 2.19. The van der Waals surface area contributed by atoms with Gasteiger partial charge in [0.25, 0.3) is 0 Å². The topological polar surface area (TPSA) is 35.6 Å². The third-order valence-corrected chi connectivity index (χ3v) is 6.23. The zero-order valence-electron chi connectivity index (χ0n) is 11.1. The van der Waals surface area contributed by atoms with Gasteiger partial charge in [-0.05, 0) is 7.05 Å². The van der Waals surface area contributed by atoms with Crippen molar-refractivity contribution in [2.24, 2.45) is 0 Å². The maximum atomic E-state index is 12.0. The van der Waals surface area contributed by atoms with Crippen LogP contribution in [0.15, 0.2) is 0 Å². The molecule has 2 saturated heterocycles. The lowest BCUT2D eigenvalue weighted by Crippen LogP contribution is -2.50. The van der Waals surface area contributed by atoms with Crippen molar-refractivity contribution in [1.82, 2.24) is 15.1 Å². The summed E-state index contributed by atoms with van der Waals surface area (Å²) in [5.74, 6) is 4.02. The molecule has 2 rings (SSSR count). The summed E-state index contributed by atoms with van der Waals surface area (Å²) in [5, 5.41) is 4.01. The van der Waals surface area contributed by atoms with Crippen LogP contribution < -0.4 is 5.32 Å². The minimum Gasteiger partial charge on any atom is -0.339 e. The molecule has 1 amide bonds. The second-order valence-corrected chi connectivity index (χ2v) is 7.44. The van der Waals surface area contributed by atoms with Gasteiger partial charge in [0.05, 0.1) is 6.54 Å². The molecule has 0 aromatic heterocycles. The standard InChI is InChI=1S/C12H23N3OS2/c1-14-2-4-15(5-3-14)12(16)9-13-8-11-10-17-6-7-18-11/h11,13H,2-10H2,1H3. The summed E-state index contributed by atoms with van der Waals surface area (Å²) < 4.78 is 0. The van der Waals surface area contributed by atoms with Gasteiger partial charge >= 0.3 is 0 Å². The molecule has 2 heterocycles. The SMILES string of the molecule is CN1CCN(C(=O)CNCC2CSCCS2)CC1. The average Bonchev–Trinajstić information content (AvgIpc) is 2.40. The number of nitrogens with zero attached hydrogens (tertiary/aromatic N) is 2. The normalized spacial score (nSPS) is 26.3. The van der Waals surface area contributed by atoms with Crippen LogP contribution in [0.2, 0.25) is 0 Å². The molecule has 0 aromatic carbocycles. The van der Waals surface area contributed by atoms with Gasteiger partial charge in [0.15, 0.2) is 0 Å². The summed E-state index contributed by atoms with van der Waals surface area (Å²) in [5.41, 5.74) is 0. The van der Waals surface area contributed by atoms with E-state index in [9.17, 15) is 4.79 Å². The smallest absolute Gasteiger partial charge is 0.236 e. The minimum absolute atomic E-state index is 0.261. The van der Waals surface area contributed by atoms with E-state index in [4.69, 9.17) is 0 Å². The number of hydrogen-bond acceptors (Lipinski definition) is 5. The first kappa shape index (κ1) is 14.5. The molecule has 6 heteroatoms. The summed E-state index contributed by atoms with van der Waals surface area (Å²) in [6.07, 6.45) is 0. The minimum atomic E-state index is 0.261. The van der Waals surface area contributed by atoms with Gasteiger partial charge in [0.2, 0.25) is 5.91 Å². The maximum absolute atomic E-state index is 12.0. The molecule has 0 bridgehead atoms. The Hall–Kier alpha value is 0.0900. The number of amides is 1. The molecule has 2 aliphatic rings. The van der Waals surface area contributed by atoms with Crippen molar-refractivity contribution in [2.75, 3.05) is 63.6 Å². The Balaban J connectivity index is 1.59. The number of hydrogen-bond donors (Lipinski definition) is 1. The fraction of sp³-hybridized carbons (Fsp3) is 0.917. The molecule has 2 aliphatic heterocycles. The van der Waals surface area contributed by atoms with Gasteiger partial charge in [0.1, 0.15) is 0 Å². The van der Waals surface area contributed by atoms with E-state index in [-0.39, 0.29) is 5.91 Å². The van der Waals surface area contributed by atoms with Crippen molar-refractivity contribution < 1.29 is 4.79 Å². The van der Waals surface area contributed by atoms with Crippen LogP contribution in [0.5, 0.6) is 0 Å². The van der Waals surface area contributed by atoms with E-state index in [0.29, 0.717) is 11.8 Å². The van der Waals surface area contributed by atoms with Gasteiger partial charge < -0.3 is 15.1 Å². The predicted molar refractivity (Wildman–Crippen MR) is 80.5 cm³/mol. The summed E-state index contributed by atoms with van der Waals surface area (Å²) in [6.45, 7) is 5.24. The predicted octanol–water partition coefficient (Wildman–Crippen LogP) is 0.199. The largest absolute Gasteiger partial charge is 0.339 e. The molecule has 2 fully saturated rings. The summed E-state index contributed by atoms with van der Waals surface area (Å²) >= 11 is 4.06. The van der Waals surface area contributed by atoms with Crippen LogP contribution >= 0.6 is 23.5 Å². The molecule has 4 nitrogen and oxygen atoms in total. The van der Waals surface area contributed by atoms with Crippen LogP contribution in [0, 0.1) is 0 Å². The lowest BCUT2D eigenvalue weighted by atomic mass is 10.3. The van der Waals surface area contributed by atoms with Gasteiger partial charge in [0, 0.05) is 55.2 Å². The molecular weight excluding hydrogens is 266 g/mol. The van der Waals surface area contributed by atoms with Crippen molar-refractivity contribution in [3.8, 4) is 0 Å². The molecular formula is C12H23N3OS2. The van der Waals surface area contributed by atoms with Gasteiger partial charge in [-0.2, -0.15) is 23.5 Å². The molecule has 0 aromatic rings. The van der Waals surface area contributed by atoms with Crippen molar-refractivity contribution >= 4 is 29.4 Å². The van der Waals surface area contributed by atoms with E-state index >= 15 is 0 Å². The highest BCUT2D eigenvalue weighted by Crippen LogP contribution is 2.23. The first-order valence-corrected chi connectivity index (χ1v) is 8.82. The number of carbonyl (C=O) groups is 1. The van der Waals surface area contributed by atoms with E-state index in [2.05, 4.69) is 17.3 Å². The van der Waals surface area contributed by atoms with Crippen LogP contribution in [0.3, 0.4) is 0 Å². The Labute approximate surface area is 118 Å². The summed E-state index contributed by atoms with van der Waals surface area (Å²) in [4.78, 5) is 16.2. The number of piperazine rings is 1. The van der Waals surface area contributed by atoms with Gasteiger partial charge in [-0.15, -0.1) is 0 Å². The van der Waals surface area contributed by atoms with Crippen LogP contribution in [0.1, 0.15) is 0 Å². The van der Waals surface area contributed by atoms with Gasteiger partial charge in [-0.3, -0.25) is 4.79 Å². The Kier molecular flexibility index (Phi) is 6.14. The zero-order valence-corrected chi connectivity index (χ0v) is 12.7. The van der Waals surface area contributed by atoms with E-state index < -0.39 is 0 Å². The lowest BCUT2D eigenvalue weighted by molar-refractivity contribution is -0.131. The van der Waals surface area contributed by atoms with E-state index in [1.165, 1.54) is 17.3 Å². The second kappa shape index (κ2) is 7.62. The number of rotatable bonds is 4. The highest BCUT2D eigenvalue weighted by molar-refractivity contribution is 8.06. The molecule has 0 radical (unpaired) electrons.